The van der Waals surface area contributed by atoms with Gasteiger partial charge in [-0.2, -0.15) is 0 Å². The zero-order chi connectivity index (χ0) is 11.0. The van der Waals surface area contributed by atoms with E-state index < -0.39 is 8.62 Å². The number of benzene rings is 1. The lowest BCUT2D eigenvalue weighted by atomic mass is 10.1. The van der Waals surface area contributed by atoms with Crippen molar-refractivity contribution in [3.63, 3.8) is 0 Å². The first kappa shape index (κ1) is 12.9. The molecule has 1 aromatic carbocycles. The van der Waals surface area contributed by atoms with Crippen molar-refractivity contribution >= 4 is 59.4 Å². The first-order valence-electron chi connectivity index (χ1n) is 3.46. The number of hydrogen-bond donors (Lipinski definition) is 0. The van der Waals surface area contributed by atoms with Crippen molar-refractivity contribution in [1.29, 1.82) is 0 Å². The largest absolute Gasteiger partial charge is 0.285 e. The maximum atomic E-state index is 13.8. The van der Waals surface area contributed by atoms with Crippen LogP contribution in [0.2, 0.25) is 0 Å². The predicted octanol–water partition coefficient (Wildman–Crippen LogP) is 5.22. The molecule has 0 unspecified atom stereocenters. The minimum absolute atomic E-state index is 0.0927. The summed E-state index contributed by atoms with van der Waals surface area (Å²) >= 11 is 13.4. The molecule has 0 amide bonds. The lowest BCUT2D eigenvalue weighted by Gasteiger charge is -2.25. The van der Waals surface area contributed by atoms with E-state index in [0.717, 1.165) is 4.47 Å². The predicted molar refractivity (Wildman–Crippen MR) is 64.5 cm³/mol. The molecule has 0 N–H and O–H groups in total. The molecule has 0 aliphatic heterocycles. The number of halogens is 6. The second kappa shape index (κ2) is 4.36. The van der Waals surface area contributed by atoms with Gasteiger partial charge in [0.05, 0.1) is 0 Å². The molecule has 0 heterocycles. The van der Waals surface area contributed by atoms with Crippen LogP contribution < -0.4 is 0 Å². The van der Waals surface area contributed by atoms with Gasteiger partial charge in [-0.3, -0.25) is 0 Å². The molecule has 1 rings (SSSR count). The van der Waals surface area contributed by atoms with E-state index in [0.29, 0.717) is 0 Å². The van der Waals surface area contributed by atoms with Crippen LogP contribution >= 0.6 is 59.4 Å². The normalized spacial score (nSPS) is 19.9. The highest BCUT2D eigenvalue weighted by Crippen LogP contribution is 2.51. The monoisotopic (exact) mass is 410 g/mol. The van der Waals surface area contributed by atoms with E-state index in [9.17, 15) is 8.78 Å². The molecule has 1 aromatic rings. The molecule has 0 saturated heterocycles. The topological polar surface area (TPSA) is 0 Å². The Labute approximate surface area is 110 Å². The van der Waals surface area contributed by atoms with Crippen LogP contribution in [0.5, 0.6) is 0 Å². The first-order valence-corrected chi connectivity index (χ1v) is 6.21. The van der Waals surface area contributed by atoms with Crippen LogP contribution in [-0.2, 0) is 4.58 Å². The van der Waals surface area contributed by atoms with Crippen LogP contribution in [0, 0.1) is 0 Å². The fourth-order valence-corrected chi connectivity index (χ4v) is 1.69. The van der Waals surface area contributed by atoms with Crippen molar-refractivity contribution in [2.24, 2.45) is 0 Å². The number of hydrogen-bond acceptors (Lipinski definition) is 0. The second-order valence-electron chi connectivity index (χ2n) is 2.58. The molecular formula is C8H4Br3ClF2. The third kappa shape index (κ3) is 2.68. The highest BCUT2D eigenvalue weighted by Gasteiger charge is 2.50. The molecule has 2 atom stereocenters. The molecule has 14 heavy (non-hydrogen) atoms. The Bertz CT molecular complexity index is 318. The Hall–Kier alpha value is 0.810. The lowest BCUT2D eigenvalue weighted by Crippen LogP contribution is -2.29. The van der Waals surface area contributed by atoms with E-state index >= 15 is 0 Å². The van der Waals surface area contributed by atoms with E-state index in [4.69, 9.17) is 11.6 Å². The molecule has 0 spiro atoms. The Morgan fingerprint density at radius 2 is 1.50 bits per heavy atom. The maximum Gasteiger partial charge on any atom is 0.285 e. The number of rotatable bonds is 2. The summed E-state index contributed by atoms with van der Waals surface area (Å²) in [6.07, 6.45) is 0. The van der Waals surface area contributed by atoms with Gasteiger partial charge in [0.2, 0.25) is 4.58 Å². The zero-order valence-corrected chi connectivity index (χ0v) is 12.1. The van der Waals surface area contributed by atoms with Gasteiger partial charge in [0.1, 0.15) is 0 Å². The summed E-state index contributed by atoms with van der Waals surface area (Å²) in [6.45, 7) is 0. The van der Waals surface area contributed by atoms with Crippen LogP contribution in [0.25, 0.3) is 0 Å². The summed E-state index contributed by atoms with van der Waals surface area (Å²) in [7, 11) is 0. The van der Waals surface area contributed by atoms with E-state index in [1.807, 2.05) is 0 Å². The van der Waals surface area contributed by atoms with Gasteiger partial charge in [-0.25, -0.2) is 8.78 Å². The minimum Gasteiger partial charge on any atom is -0.220 e. The molecule has 0 saturated carbocycles. The highest BCUT2D eigenvalue weighted by molar-refractivity contribution is 9.13. The third-order valence-electron chi connectivity index (χ3n) is 1.56. The van der Waals surface area contributed by atoms with Gasteiger partial charge >= 0.3 is 0 Å². The van der Waals surface area contributed by atoms with Crippen molar-refractivity contribution in [3.05, 3.63) is 34.3 Å². The molecule has 78 valence electrons. The van der Waals surface area contributed by atoms with Crippen LogP contribution in [0.15, 0.2) is 28.7 Å². The second-order valence-corrected chi connectivity index (χ2v) is 6.66. The molecule has 0 aromatic heterocycles. The van der Waals surface area contributed by atoms with Gasteiger partial charge in [-0.1, -0.05) is 39.7 Å². The van der Waals surface area contributed by atoms with Crippen LogP contribution in [0.3, 0.4) is 0 Å². The zero-order valence-electron chi connectivity index (χ0n) is 6.58. The van der Waals surface area contributed by atoms with Crippen molar-refractivity contribution in [1.82, 2.24) is 0 Å². The van der Waals surface area contributed by atoms with E-state index in [2.05, 4.69) is 47.8 Å². The van der Waals surface area contributed by atoms with Crippen molar-refractivity contribution in [2.45, 2.75) is 8.62 Å². The molecule has 0 fully saturated rings. The molecule has 0 bridgehead atoms. The average Bonchev–Trinajstić information content (AvgIpc) is 2.03. The Morgan fingerprint density at radius 1 is 1.07 bits per heavy atom. The summed E-state index contributed by atoms with van der Waals surface area (Å²) in [5.41, 5.74) is 0.0927. The first-order chi connectivity index (χ1) is 6.25. The Morgan fingerprint density at radius 3 is 1.86 bits per heavy atom. The van der Waals surface area contributed by atoms with Crippen molar-refractivity contribution < 1.29 is 8.78 Å². The lowest BCUT2D eigenvalue weighted by molar-refractivity contribution is 0.183. The highest BCUT2D eigenvalue weighted by atomic mass is 79.9. The summed E-state index contributed by atoms with van der Waals surface area (Å²) in [6, 6.07) is 6.05. The van der Waals surface area contributed by atoms with Gasteiger partial charge in [0, 0.05) is 10.0 Å². The van der Waals surface area contributed by atoms with Crippen molar-refractivity contribution in [2.75, 3.05) is 0 Å². The molecule has 6 heteroatoms. The van der Waals surface area contributed by atoms with Crippen LogP contribution in [0.4, 0.5) is 8.78 Å². The summed E-state index contributed by atoms with van der Waals surface area (Å²) in [5.74, 6) is 0. The van der Waals surface area contributed by atoms with Crippen molar-refractivity contribution in [3.8, 4) is 0 Å². The number of alkyl halides is 5. The summed E-state index contributed by atoms with van der Waals surface area (Å²) in [5, 5.41) is 0. The fourth-order valence-electron chi connectivity index (χ4n) is 0.823. The molecule has 0 radical (unpaired) electrons. The molecule has 0 aliphatic carbocycles. The maximum absolute atomic E-state index is 13.8. The minimum atomic E-state index is -2.69. The van der Waals surface area contributed by atoms with Gasteiger partial charge in [-0.15, -0.1) is 0 Å². The van der Waals surface area contributed by atoms with Crippen LogP contribution in [0.1, 0.15) is 5.56 Å². The SMILES string of the molecule is F[C@](Cl)(Br)[C@](F)(Br)c1ccc(Br)cc1. The standard InChI is InChI=1S/C8H4Br3ClF2/c9-6-3-1-5(2-4-6)7(10,13)8(11,12)14/h1-4H/t7-,8-/m0/s1. The smallest absolute Gasteiger partial charge is 0.220 e. The fraction of sp³-hybridized carbons (Fsp3) is 0.250. The van der Waals surface area contributed by atoms with Gasteiger partial charge in [-0.05, 0) is 44.0 Å². The third-order valence-corrected chi connectivity index (χ3v) is 4.66. The Balaban J connectivity index is 3.10. The molecular weight excluding hydrogens is 409 g/mol. The summed E-state index contributed by atoms with van der Waals surface area (Å²) in [4.78, 5) is 0. The van der Waals surface area contributed by atoms with E-state index in [1.165, 1.54) is 12.1 Å². The summed E-state index contributed by atoms with van der Waals surface area (Å²) < 4.78 is 22.6. The van der Waals surface area contributed by atoms with Gasteiger partial charge in [0.15, 0.2) is 0 Å². The van der Waals surface area contributed by atoms with Crippen LogP contribution in [-0.4, -0.2) is 4.04 Å². The van der Waals surface area contributed by atoms with Gasteiger partial charge in [0.25, 0.3) is 4.04 Å². The quantitative estimate of drug-likeness (QED) is 0.583. The molecule has 0 aliphatic rings. The molecule has 0 nitrogen and oxygen atoms in total. The van der Waals surface area contributed by atoms with E-state index in [-0.39, 0.29) is 5.56 Å². The average molecular weight is 413 g/mol. The Kier molecular flexibility index (Phi) is 4.01. The van der Waals surface area contributed by atoms with E-state index in [1.54, 1.807) is 12.1 Å². The van der Waals surface area contributed by atoms with Gasteiger partial charge < -0.3 is 0 Å².